The number of aromatic nitrogens is 3. The third-order valence-electron chi connectivity index (χ3n) is 9.53. The third kappa shape index (κ3) is 6.38. The van der Waals surface area contributed by atoms with Gasteiger partial charge < -0.3 is 20.4 Å². The lowest BCUT2D eigenvalue weighted by atomic mass is 9.95. The van der Waals surface area contributed by atoms with E-state index in [-0.39, 0.29) is 29.6 Å². The summed E-state index contributed by atoms with van der Waals surface area (Å²) in [5.41, 5.74) is 3.14. The molecular formula is C33H43N7O3. The molecule has 1 aromatic carbocycles. The van der Waals surface area contributed by atoms with Gasteiger partial charge in [-0.15, -0.1) is 0 Å². The van der Waals surface area contributed by atoms with E-state index in [1.54, 1.807) is 13.1 Å². The predicted octanol–water partition coefficient (Wildman–Crippen LogP) is 4.87. The van der Waals surface area contributed by atoms with Crippen molar-refractivity contribution in [2.75, 3.05) is 31.5 Å². The van der Waals surface area contributed by atoms with Crippen LogP contribution in [0, 0.1) is 6.92 Å². The van der Waals surface area contributed by atoms with E-state index in [9.17, 15) is 14.4 Å². The molecule has 0 bridgehead atoms. The number of hydrogen-bond donors (Lipinski definition) is 2. The van der Waals surface area contributed by atoms with Crippen LogP contribution in [0.2, 0.25) is 0 Å². The van der Waals surface area contributed by atoms with Crippen molar-refractivity contribution in [1.82, 2.24) is 29.7 Å². The lowest BCUT2D eigenvalue weighted by molar-refractivity contribution is -0.130. The minimum Gasteiger partial charge on any atom is -0.351 e. The highest BCUT2D eigenvalue weighted by Crippen LogP contribution is 2.29. The largest absolute Gasteiger partial charge is 0.351 e. The average Bonchev–Trinajstić information content (AvgIpc) is 3.02. The van der Waals surface area contributed by atoms with Gasteiger partial charge in [0.05, 0.1) is 0 Å². The van der Waals surface area contributed by atoms with Gasteiger partial charge in [-0.1, -0.05) is 43.5 Å². The molecule has 2 aliphatic heterocycles. The average molecular weight is 586 g/mol. The van der Waals surface area contributed by atoms with Crippen molar-refractivity contribution >= 4 is 28.9 Å². The number of nitrogens with one attached hydrogen (secondary N) is 2. The molecule has 0 radical (unpaired) electrons. The Morgan fingerprint density at radius 2 is 1.56 bits per heavy atom. The lowest BCUT2D eigenvalue weighted by Crippen LogP contribution is -2.49. The minimum absolute atomic E-state index is 0.0524. The maximum absolute atomic E-state index is 14.2. The molecule has 43 heavy (non-hydrogen) atoms. The van der Waals surface area contributed by atoms with Crippen LogP contribution in [0.1, 0.15) is 76.3 Å². The van der Waals surface area contributed by atoms with Gasteiger partial charge >= 0.3 is 6.03 Å². The second-order valence-electron chi connectivity index (χ2n) is 12.4. The van der Waals surface area contributed by atoms with Crippen molar-refractivity contribution in [3.05, 3.63) is 52.4 Å². The lowest BCUT2D eigenvalue weighted by Gasteiger charge is -2.34. The first-order valence-electron chi connectivity index (χ1n) is 15.9. The number of benzene rings is 1. The molecule has 0 spiro atoms. The van der Waals surface area contributed by atoms with Gasteiger partial charge in [0.2, 0.25) is 11.9 Å². The third-order valence-corrected chi connectivity index (χ3v) is 9.53. The highest BCUT2D eigenvalue weighted by atomic mass is 16.2. The molecule has 228 valence electrons. The second-order valence-corrected chi connectivity index (χ2v) is 12.4. The maximum atomic E-state index is 14.2. The molecule has 3 fully saturated rings. The minimum atomic E-state index is -0.0665. The van der Waals surface area contributed by atoms with Gasteiger partial charge in [0.1, 0.15) is 5.65 Å². The number of piperidine rings is 2. The topological polar surface area (TPSA) is 112 Å². The summed E-state index contributed by atoms with van der Waals surface area (Å²) >= 11 is 0. The van der Waals surface area contributed by atoms with E-state index < -0.39 is 0 Å². The SMILES string of the molecule is CC(=O)N1CCC(n2c(=O)c(-c3ccccc3C)cc3cnc(NC4CCN(C(=O)NC5CCCCC5)CC4)nc32)CC1. The summed E-state index contributed by atoms with van der Waals surface area (Å²) in [4.78, 5) is 52.3. The number of carbonyl (C=O) groups excluding carboxylic acids is 2. The monoisotopic (exact) mass is 585 g/mol. The quantitative estimate of drug-likeness (QED) is 0.442. The number of fused-ring (bicyclic) bond motifs is 1. The zero-order valence-electron chi connectivity index (χ0n) is 25.3. The van der Waals surface area contributed by atoms with Crippen LogP contribution in [0.3, 0.4) is 0 Å². The second kappa shape index (κ2) is 12.7. The van der Waals surface area contributed by atoms with Gasteiger partial charge in [-0.2, -0.15) is 4.98 Å². The first-order chi connectivity index (χ1) is 20.9. The molecule has 3 amide bonds. The molecule has 0 unspecified atom stereocenters. The standard InChI is InChI=1S/C33H43N7O3/c1-22-8-6-7-11-28(22)29-20-24-21-34-32(37-30(24)40(31(29)42)27-14-18-38(19-15-27)23(2)41)35-26-12-16-39(17-13-26)33(43)36-25-9-4-3-5-10-25/h6-8,11,20-21,25-27H,3-5,9-10,12-19H2,1-2H3,(H,36,43)(H,34,35,37). The molecular weight excluding hydrogens is 542 g/mol. The van der Waals surface area contributed by atoms with Crippen molar-refractivity contribution in [1.29, 1.82) is 0 Å². The van der Waals surface area contributed by atoms with Crippen LogP contribution in [0.25, 0.3) is 22.2 Å². The van der Waals surface area contributed by atoms with E-state index in [0.29, 0.717) is 62.2 Å². The first kappa shape index (κ1) is 29.1. The van der Waals surface area contributed by atoms with Gasteiger partial charge in [-0.05, 0) is 62.6 Å². The van der Waals surface area contributed by atoms with Gasteiger partial charge in [0.15, 0.2) is 0 Å². The fourth-order valence-corrected chi connectivity index (χ4v) is 6.96. The molecule has 3 aliphatic rings. The Balaban J connectivity index is 1.23. The number of likely N-dealkylation sites (tertiary alicyclic amines) is 2. The molecule has 3 aromatic rings. The van der Waals surface area contributed by atoms with Crippen LogP contribution >= 0.6 is 0 Å². The number of anilines is 1. The van der Waals surface area contributed by atoms with Gasteiger partial charge in [0.25, 0.3) is 5.56 Å². The maximum Gasteiger partial charge on any atom is 0.317 e. The molecule has 2 saturated heterocycles. The number of hydrogen-bond acceptors (Lipinski definition) is 6. The summed E-state index contributed by atoms with van der Waals surface area (Å²) in [6.45, 7) is 6.21. The molecule has 10 nitrogen and oxygen atoms in total. The van der Waals surface area contributed by atoms with Crippen molar-refractivity contribution in [3.63, 3.8) is 0 Å². The number of amides is 3. The number of rotatable bonds is 5. The fraction of sp³-hybridized carbons (Fsp3) is 0.545. The Bertz CT molecular complexity index is 1530. The van der Waals surface area contributed by atoms with Crippen LogP contribution < -0.4 is 16.2 Å². The molecule has 1 saturated carbocycles. The van der Waals surface area contributed by atoms with Crippen LogP contribution in [0.4, 0.5) is 10.7 Å². The number of urea groups is 1. The molecule has 1 aliphatic carbocycles. The van der Waals surface area contributed by atoms with Crippen molar-refractivity contribution in [2.45, 2.75) is 89.8 Å². The van der Waals surface area contributed by atoms with E-state index in [2.05, 4.69) is 15.6 Å². The summed E-state index contributed by atoms with van der Waals surface area (Å²) in [6, 6.07) is 10.3. The zero-order valence-corrected chi connectivity index (χ0v) is 25.3. The van der Waals surface area contributed by atoms with E-state index in [4.69, 9.17) is 4.98 Å². The van der Waals surface area contributed by atoms with Crippen molar-refractivity contribution in [2.24, 2.45) is 0 Å². The van der Waals surface area contributed by atoms with E-state index in [1.165, 1.54) is 19.3 Å². The Labute approximate surface area is 252 Å². The highest BCUT2D eigenvalue weighted by molar-refractivity contribution is 5.82. The van der Waals surface area contributed by atoms with E-state index in [1.807, 2.05) is 51.6 Å². The predicted molar refractivity (Wildman–Crippen MR) is 168 cm³/mol. The highest BCUT2D eigenvalue weighted by Gasteiger charge is 2.28. The Hall–Kier alpha value is -3.95. The van der Waals surface area contributed by atoms with Gasteiger partial charge in [-0.3, -0.25) is 14.2 Å². The fourth-order valence-electron chi connectivity index (χ4n) is 6.96. The summed E-state index contributed by atoms with van der Waals surface area (Å²) < 4.78 is 1.85. The van der Waals surface area contributed by atoms with Crippen LogP contribution in [-0.4, -0.2) is 74.5 Å². The first-order valence-corrected chi connectivity index (χ1v) is 15.9. The zero-order chi connectivity index (χ0) is 29.9. The molecule has 10 heteroatoms. The Morgan fingerprint density at radius 1 is 0.860 bits per heavy atom. The normalized spacial score (nSPS) is 19.0. The number of nitrogens with zero attached hydrogens (tertiary/aromatic N) is 5. The molecule has 4 heterocycles. The number of pyridine rings is 1. The smallest absolute Gasteiger partial charge is 0.317 e. The van der Waals surface area contributed by atoms with E-state index >= 15 is 0 Å². The molecule has 6 rings (SSSR count). The number of aryl methyl sites for hydroxylation is 1. The van der Waals surface area contributed by atoms with Gasteiger partial charge in [0, 0.05) is 68.4 Å². The molecule has 2 N–H and O–H groups in total. The van der Waals surface area contributed by atoms with Gasteiger partial charge in [-0.25, -0.2) is 9.78 Å². The van der Waals surface area contributed by atoms with E-state index in [0.717, 1.165) is 42.2 Å². The summed E-state index contributed by atoms with van der Waals surface area (Å²) in [5, 5.41) is 7.54. The molecule has 0 atom stereocenters. The Kier molecular flexibility index (Phi) is 8.63. The summed E-state index contributed by atoms with van der Waals surface area (Å²) in [5.74, 6) is 0.561. The Morgan fingerprint density at radius 3 is 2.26 bits per heavy atom. The summed E-state index contributed by atoms with van der Waals surface area (Å²) in [6.07, 6.45) is 10.6. The summed E-state index contributed by atoms with van der Waals surface area (Å²) in [7, 11) is 0. The number of carbonyl (C=O) groups is 2. The molecule has 2 aromatic heterocycles. The van der Waals surface area contributed by atoms with Crippen molar-refractivity contribution in [3.8, 4) is 11.1 Å². The van der Waals surface area contributed by atoms with Crippen LogP contribution in [0.5, 0.6) is 0 Å². The van der Waals surface area contributed by atoms with Crippen LogP contribution in [-0.2, 0) is 4.79 Å². The van der Waals surface area contributed by atoms with Crippen molar-refractivity contribution < 1.29 is 9.59 Å². The van der Waals surface area contributed by atoms with Crippen LogP contribution in [0.15, 0.2) is 41.3 Å².